The van der Waals surface area contributed by atoms with Gasteiger partial charge in [-0.05, 0) is 0 Å². The van der Waals surface area contributed by atoms with Gasteiger partial charge in [-0.2, -0.15) is 0 Å². The summed E-state index contributed by atoms with van der Waals surface area (Å²) in [6.07, 6.45) is 15.7. The van der Waals surface area contributed by atoms with Gasteiger partial charge in [-0.1, -0.05) is 0 Å². The molecule has 0 aliphatic heterocycles. The van der Waals surface area contributed by atoms with Crippen LogP contribution in [0.1, 0.15) is 124 Å². The Morgan fingerprint density at radius 3 is 1.44 bits per heavy atom. The molecule has 4 aliphatic carbocycles. The summed E-state index contributed by atoms with van der Waals surface area (Å²) in [6.45, 7) is 24.1. The fourth-order valence-corrected chi connectivity index (χ4v) is 18.8. The van der Waals surface area contributed by atoms with Gasteiger partial charge in [0.15, 0.2) is 0 Å². The third-order valence-corrected chi connectivity index (χ3v) is 20.5. The summed E-state index contributed by atoms with van der Waals surface area (Å²) in [5, 5.41) is 0. The summed E-state index contributed by atoms with van der Waals surface area (Å²) in [5.74, 6) is 0. The molecule has 0 radical (unpaired) electrons. The molecule has 0 atom stereocenters. The van der Waals surface area contributed by atoms with E-state index in [-0.39, 0.29) is 21.7 Å². The van der Waals surface area contributed by atoms with Gasteiger partial charge >= 0.3 is 324 Å². The molecule has 0 saturated heterocycles. The molecule has 0 aromatic heterocycles. The predicted molar refractivity (Wildman–Crippen MR) is 222 cm³/mol. The predicted octanol–water partition coefficient (Wildman–Crippen LogP) is 13.3. The summed E-state index contributed by atoms with van der Waals surface area (Å²) in [7, 11) is 0. The van der Waals surface area contributed by atoms with Crippen LogP contribution in [0.5, 0.6) is 0 Å². The second kappa shape index (κ2) is 12.6. The SMILES string of the molecule is CC(C)(C)C1=CC(C)(C)c2cc3c(cc21)-c1cc2c(cc1[CH]3[Zr]([C]1=CC=CC1)=[C](Cc1ccccc1)Cc1ccccc1)C(C)(C)C=C2C(C)(C)C. The Balaban J connectivity index is 1.45. The normalized spacial score (nSPS) is 18.0. The van der Waals surface area contributed by atoms with Crippen molar-refractivity contribution in [3.8, 4) is 11.1 Å². The van der Waals surface area contributed by atoms with E-state index < -0.39 is 21.3 Å². The zero-order chi connectivity index (χ0) is 36.8. The first-order valence-corrected chi connectivity index (χ1v) is 23.4. The van der Waals surface area contributed by atoms with Crippen molar-refractivity contribution in [2.24, 2.45) is 10.8 Å². The van der Waals surface area contributed by atoms with Crippen molar-refractivity contribution in [2.45, 2.75) is 103 Å². The van der Waals surface area contributed by atoms with Gasteiger partial charge in [0.2, 0.25) is 0 Å². The fourth-order valence-electron chi connectivity index (χ4n) is 9.64. The first-order valence-electron chi connectivity index (χ1n) is 19.5. The van der Waals surface area contributed by atoms with Crippen molar-refractivity contribution in [1.29, 1.82) is 0 Å². The van der Waals surface area contributed by atoms with E-state index in [0.717, 1.165) is 19.3 Å². The molecular weight excluding hydrogens is 704 g/mol. The molecule has 8 rings (SSSR count). The first kappa shape index (κ1) is 35.6. The Labute approximate surface area is 321 Å². The van der Waals surface area contributed by atoms with Crippen molar-refractivity contribution in [2.75, 3.05) is 0 Å². The number of hydrogen-bond donors (Lipinski definition) is 0. The Morgan fingerprint density at radius 2 is 1.06 bits per heavy atom. The average Bonchev–Trinajstić information content (AvgIpc) is 3.84. The quantitative estimate of drug-likeness (QED) is 0.184. The van der Waals surface area contributed by atoms with Gasteiger partial charge in [-0.3, -0.25) is 0 Å². The van der Waals surface area contributed by atoms with E-state index in [1.165, 1.54) is 55.7 Å². The third kappa shape index (κ3) is 6.14. The maximum absolute atomic E-state index is 2.72. The van der Waals surface area contributed by atoms with Crippen LogP contribution in [0.25, 0.3) is 22.3 Å². The fraction of sp³-hybridized carbons (Fsp3) is 0.353. The molecule has 4 aromatic rings. The van der Waals surface area contributed by atoms with Gasteiger partial charge in [0.05, 0.1) is 0 Å². The molecule has 0 fully saturated rings. The zero-order valence-corrected chi connectivity index (χ0v) is 35.6. The molecule has 0 amide bonds. The van der Waals surface area contributed by atoms with Gasteiger partial charge in [0.25, 0.3) is 0 Å². The van der Waals surface area contributed by atoms with Crippen LogP contribution >= 0.6 is 0 Å². The molecule has 0 saturated carbocycles. The van der Waals surface area contributed by atoms with Crippen LogP contribution in [0.15, 0.2) is 119 Å². The summed E-state index contributed by atoms with van der Waals surface area (Å²) in [5.41, 5.74) is 18.2. The first-order chi connectivity index (χ1) is 24.5. The van der Waals surface area contributed by atoms with E-state index in [1.54, 1.807) is 17.6 Å². The molecule has 1 heteroatoms. The monoisotopic (exact) mass is 758 g/mol. The van der Waals surface area contributed by atoms with Gasteiger partial charge in [-0.15, -0.1) is 0 Å². The van der Waals surface area contributed by atoms with E-state index in [1.807, 2.05) is 0 Å². The van der Waals surface area contributed by atoms with Gasteiger partial charge in [0, 0.05) is 0 Å². The Bertz CT molecular complexity index is 2110. The number of benzene rings is 4. The van der Waals surface area contributed by atoms with Crippen LogP contribution in [0.4, 0.5) is 0 Å². The van der Waals surface area contributed by atoms with Crippen LogP contribution in [0.2, 0.25) is 0 Å². The molecule has 0 nitrogen and oxygen atoms in total. The second-order valence-electron chi connectivity index (χ2n) is 19.1. The number of rotatable bonds is 6. The summed E-state index contributed by atoms with van der Waals surface area (Å²) in [6, 6.07) is 33.4. The van der Waals surface area contributed by atoms with Crippen molar-refractivity contribution < 1.29 is 21.3 Å². The average molecular weight is 760 g/mol. The van der Waals surface area contributed by atoms with Gasteiger partial charge in [-0.25, -0.2) is 0 Å². The minimum atomic E-state index is -2.70. The minimum absolute atomic E-state index is 0.00345. The van der Waals surface area contributed by atoms with Crippen molar-refractivity contribution in [3.63, 3.8) is 0 Å². The molecule has 0 unspecified atom stereocenters. The molecule has 4 aliphatic rings. The number of hydrogen-bond acceptors (Lipinski definition) is 0. The summed E-state index contributed by atoms with van der Waals surface area (Å²) in [4.78, 5) is 0. The molecule has 4 aromatic carbocycles. The topological polar surface area (TPSA) is 0 Å². The molecule has 0 bridgehead atoms. The zero-order valence-electron chi connectivity index (χ0n) is 33.2. The molecule has 0 heterocycles. The van der Waals surface area contributed by atoms with Crippen molar-refractivity contribution >= 4 is 14.4 Å². The third-order valence-electron chi connectivity index (χ3n) is 12.2. The maximum atomic E-state index is 2.72. The van der Waals surface area contributed by atoms with Crippen molar-refractivity contribution in [3.05, 3.63) is 163 Å². The molecule has 0 spiro atoms. The molecular formula is C51H56Zr. The molecule has 0 N–H and O–H groups in total. The summed E-state index contributed by atoms with van der Waals surface area (Å²) < 4.78 is 3.98. The standard InChI is InChI=1S/C31H37.C15H14.C5H5.Zr/c1-28(2,3)26-16-30(7,8)24-12-18-11-19-13-25-23(15-21(19)20(18)14-22(24)26)27(29(4,5)6)17-31(25,9)10;1-3-8-14(9-4-1)12-7-13-15-10-5-2-6-11-15;1-2-4-5-3-1;/h11-17H,1-10H3;1-6,8-11H,12-13H2;1-3H,4H2;. The van der Waals surface area contributed by atoms with E-state index in [2.05, 4.69) is 185 Å². The van der Waals surface area contributed by atoms with Crippen LogP contribution < -0.4 is 0 Å². The molecule has 52 heavy (non-hydrogen) atoms. The number of allylic oxidation sites excluding steroid dienone is 8. The van der Waals surface area contributed by atoms with Gasteiger partial charge in [0.1, 0.15) is 0 Å². The van der Waals surface area contributed by atoms with Crippen LogP contribution in [0, 0.1) is 10.8 Å². The van der Waals surface area contributed by atoms with Crippen LogP contribution in [0.3, 0.4) is 0 Å². The van der Waals surface area contributed by atoms with E-state index in [4.69, 9.17) is 0 Å². The van der Waals surface area contributed by atoms with Gasteiger partial charge < -0.3 is 0 Å². The Hall–Kier alpha value is -3.41. The van der Waals surface area contributed by atoms with Crippen molar-refractivity contribution in [1.82, 2.24) is 0 Å². The Morgan fingerprint density at radius 1 is 0.615 bits per heavy atom. The van der Waals surface area contributed by atoms with E-state index in [9.17, 15) is 0 Å². The number of fused-ring (bicyclic) bond motifs is 5. The van der Waals surface area contributed by atoms with E-state index >= 15 is 0 Å². The van der Waals surface area contributed by atoms with Crippen LogP contribution in [-0.2, 0) is 44.9 Å². The summed E-state index contributed by atoms with van der Waals surface area (Å²) >= 11 is -2.70. The van der Waals surface area contributed by atoms with Crippen LogP contribution in [-0.4, -0.2) is 3.21 Å². The Kier molecular flexibility index (Phi) is 8.62. The molecule has 264 valence electrons. The van der Waals surface area contributed by atoms with E-state index in [0.29, 0.717) is 3.63 Å². The second-order valence-corrected chi connectivity index (χ2v) is 25.9.